The molecule has 2 heterocycles. The van der Waals surface area contributed by atoms with Crippen molar-refractivity contribution in [2.24, 2.45) is 5.73 Å². The summed E-state index contributed by atoms with van der Waals surface area (Å²) in [6.07, 6.45) is 4.03. The maximum atomic E-state index is 6.02. The van der Waals surface area contributed by atoms with Gasteiger partial charge in [-0.05, 0) is 50.3 Å². The summed E-state index contributed by atoms with van der Waals surface area (Å²) in [5, 5.41) is 0. The lowest BCUT2D eigenvalue weighted by Crippen LogP contribution is -2.31. The Hall–Kier alpha value is -1.61. The number of aromatic nitrogens is 2. The summed E-state index contributed by atoms with van der Waals surface area (Å²) in [5.41, 5.74) is 13.8. The molecular weight excluding hydrogens is 234 g/mol. The van der Waals surface area contributed by atoms with E-state index in [9.17, 15) is 0 Å². The fourth-order valence-electron chi connectivity index (χ4n) is 2.93. The van der Waals surface area contributed by atoms with Crippen molar-refractivity contribution in [1.29, 1.82) is 0 Å². The highest BCUT2D eigenvalue weighted by molar-refractivity contribution is 5.68. The molecule has 2 aromatic rings. The van der Waals surface area contributed by atoms with Crippen LogP contribution in [0.25, 0.3) is 11.3 Å². The van der Waals surface area contributed by atoms with Crippen molar-refractivity contribution in [3.8, 4) is 11.3 Å². The van der Waals surface area contributed by atoms with Gasteiger partial charge in [-0.25, -0.2) is 4.98 Å². The molecule has 1 aliphatic heterocycles. The average molecular weight is 255 g/mol. The Kier molecular flexibility index (Phi) is 2.94. The molecule has 0 saturated heterocycles. The standard InChI is InChI=1S/C16H21N3/c1-10-4-6-14(12(3)11(10)2)16-15-7-5-13(17)8-19(15)9-18-16/h4,6,9,13H,5,7-8,17H2,1-3H3. The van der Waals surface area contributed by atoms with Crippen molar-refractivity contribution < 1.29 is 0 Å². The minimum Gasteiger partial charge on any atom is -0.332 e. The first kappa shape index (κ1) is 12.4. The molecule has 19 heavy (non-hydrogen) atoms. The summed E-state index contributed by atoms with van der Waals surface area (Å²) >= 11 is 0. The first-order valence-corrected chi connectivity index (χ1v) is 6.94. The van der Waals surface area contributed by atoms with E-state index in [2.05, 4.69) is 42.5 Å². The van der Waals surface area contributed by atoms with Gasteiger partial charge in [0.05, 0.1) is 12.0 Å². The van der Waals surface area contributed by atoms with Gasteiger partial charge >= 0.3 is 0 Å². The molecule has 100 valence electrons. The van der Waals surface area contributed by atoms with E-state index in [0.717, 1.165) is 25.1 Å². The second-order valence-electron chi connectivity index (χ2n) is 5.67. The quantitative estimate of drug-likeness (QED) is 0.851. The van der Waals surface area contributed by atoms with Crippen molar-refractivity contribution in [2.75, 3.05) is 0 Å². The van der Waals surface area contributed by atoms with Crippen molar-refractivity contribution in [3.63, 3.8) is 0 Å². The number of rotatable bonds is 1. The van der Waals surface area contributed by atoms with Crippen LogP contribution in [0.3, 0.4) is 0 Å². The summed E-state index contributed by atoms with van der Waals surface area (Å²) in [6, 6.07) is 4.67. The predicted molar refractivity (Wildman–Crippen MR) is 78.2 cm³/mol. The van der Waals surface area contributed by atoms with E-state index in [-0.39, 0.29) is 6.04 Å². The Bertz CT molecular complexity index is 625. The smallest absolute Gasteiger partial charge is 0.0956 e. The number of benzene rings is 1. The van der Waals surface area contributed by atoms with Crippen LogP contribution in [0.5, 0.6) is 0 Å². The minimum absolute atomic E-state index is 0.274. The molecule has 2 N–H and O–H groups in total. The molecule has 0 saturated carbocycles. The highest BCUT2D eigenvalue weighted by atomic mass is 15.1. The molecule has 1 atom stereocenters. The summed E-state index contributed by atoms with van der Waals surface area (Å²) in [4.78, 5) is 4.64. The SMILES string of the molecule is Cc1ccc(-c2ncn3c2CCC(N)C3)c(C)c1C. The zero-order valence-corrected chi connectivity index (χ0v) is 11.9. The Labute approximate surface area is 114 Å². The fourth-order valence-corrected chi connectivity index (χ4v) is 2.93. The Morgan fingerprint density at radius 2 is 2.00 bits per heavy atom. The summed E-state index contributed by atoms with van der Waals surface area (Å²) in [6.45, 7) is 7.44. The molecule has 0 amide bonds. The number of aryl methyl sites for hydroxylation is 1. The molecule has 3 rings (SSSR count). The number of hydrogen-bond donors (Lipinski definition) is 1. The van der Waals surface area contributed by atoms with E-state index in [0.29, 0.717) is 0 Å². The second-order valence-corrected chi connectivity index (χ2v) is 5.67. The van der Waals surface area contributed by atoms with Gasteiger partial charge in [-0.2, -0.15) is 0 Å². The number of fused-ring (bicyclic) bond motifs is 1. The molecule has 0 fully saturated rings. The minimum atomic E-state index is 0.274. The van der Waals surface area contributed by atoms with Gasteiger partial charge in [0.2, 0.25) is 0 Å². The van der Waals surface area contributed by atoms with Gasteiger partial charge in [0.1, 0.15) is 0 Å². The molecule has 1 aromatic heterocycles. The van der Waals surface area contributed by atoms with Crippen LogP contribution in [0.15, 0.2) is 18.5 Å². The van der Waals surface area contributed by atoms with Crippen LogP contribution in [-0.4, -0.2) is 15.6 Å². The molecule has 0 aliphatic carbocycles. The van der Waals surface area contributed by atoms with Gasteiger partial charge in [-0.15, -0.1) is 0 Å². The highest BCUT2D eigenvalue weighted by Crippen LogP contribution is 2.31. The van der Waals surface area contributed by atoms with Gasteiger partial charge < -0.3 is 10.3 Å². The van der Waals surface area contributed by atoms with Gasteiger partial charge in [0, 0.05) is 23.8 Å². The van der Waals surface area contributed by atoms with Crippen LogP contribution in [0, 0.1) is 20.8 Å². The van der Waals surface area contributed by atoms with E-state index in [4.69, 9.17) is 5.73 Å². The zero-order chi connectivity index (χ0) is 13.6. The molecule has 3 heteroatoms. The van der Waals surface area contributed by atoms with Crippen LogP contribution in [0.2, 0.25) is 0 Å². The third-order valence-corrected chi connectivity index (χ3v) is 4.44. The van der Waals surface area contributed by atoms with E-state index in [1.54, 1.807) is 0 Å². The molecule has 3 nitrogen and oxygen atoms in total. The Balaban J connectivity index is 2.11. The Morgan fingerprint density at radius 1 is 1.21 bits per heavy atom. The topological polar surface area (TPSA) is 43.8 Å². The van der Waals surface area contributed by atoms with Crippen molar-refractivity contribution >= 4 is 0 Å². The van der Waals surface area contributed by atoms with Crippen LogP contribution in [-0.2, 0) is 13.0 Å². The van der Waals surface area contributed by atoms with E-state index in [1.807, 2.05) is 6.33 Å². The third-order valence-electron chi connectivity index (χ3n) is 4.44. The van der Waals surface area contributed by atoms with Crippen molar-refractivity contribution in [1.82, 2.24) is 9.55 Å². The number of hydrogen-bond acceptors (Lipinski definition) is 2. The normalized spacial score (nSPS) is 18.4. The van der Waals surface area contributed by atoms with Crippen LogP contribution < -0.4 is 5.73 Å². The van der Waals surface area contributed by atoms with E-state index < -0.39 is 0 Å². The highest BCUT2D eigenvalue weighted by Gasteiger charge is 2.21. The van der Waals surface area contributed by atoms with Gasteiger partial charge in [-0.1, -0.05) is 12.1 Å². The molecule has 0 spiro atoms. The van der Waals surface area contributed by atoms with Crippen LogP contribution in [0.4, 0.5) is 0 Å². The molecule has 1 unspecified atom stereocenters. The number of nitrogens with zero attached hydrogens (tertiary/aromatic N) is 2. The van der Waals surface area contributed by atoms with Gasteiger partial charge in [-0.3, -0.25) is 0 Å². The molecule has 1 aromatic carbocycles. The first-order valence-electron chi connectivity index (χ1n) is 6.94. The summed E-state index contributed by atoms with van der Waals surface area (Å²) < 4.78 is 2.22. The fraction of sp³-hybridized carbons (Fsp3) is 0.438. The summed E-state index contributed by atoms with van der Waals surface area (Å²) in [7, 11) is 0. The summed E-state index contributed by atoms with van der Waals surface area (Å²) in [5.74, 6) is 0. The second kappa shape index (κ2) is 4.49. The van der Waals surface area contributed by atoms with E-state index >= 15 is 0 Å². The zero-order valence-electron chi connectivity index (χ0n) is 11.9. The monoisotopic (exact) mass is 255 g/mol. The van der Waals surface area contributed by atoms with E-state index in [1.165, 1.54) is 27.9 Å². The maximum Gasteiger partial charge on any atom is 0.0956 e. The third kappa shape index (κ3) is 1.98. The predicted octanol–water partition coefficient (Wildman–Crippen LogP) is 2.75. The largest absolute Gasteiger partial charge is 0.332 e. The van der Waals surface area contributed by atoms with Crippen LogP contribution in [0.1, 0.15) is 28.8 Å². The number of imidazole rings is 1. The maximum absolute atomic E-state index is 6.02. The molecule has 1 aliphatic rings. The lowest BCUT2D eigenvalue weighted by atomic mass is 9.94. The number of nitrogens with two attached hydrogens (primary N) is 1. The average Bonchev–Trinajstić information content (AvgIpc) is 2.79. The Morgan fingerprint density at radius 3 is 2.79 bits per heavy atom. The first-order chi connectivity index (χ1) is 9.08. The lowest BCUT2D eigenvalue weighted by molar-refractivity contribution is 0.461. The van der Waals surface area contributed by atoms with Crippen molar-refractivity contribution in [2.45, 2.75) is 46.2 Å². The van der Waals surface area contributed by atoms with Crippen molar-refractivity contribution in [3.05, 3.63) is 40.8 Å². The molecule has 0 radical (unpaired) electrons. The van der Waals surface area contributed by atoms with Gasteiger partial charge in [0.25, 0.3) is 0 Å². The van der Waals surface area contributed by atoms with Crippen LogP contribution >= 0.6 is 0 Å². The molecule has 0 bridgehead atoms. The molecular formula is C16H21N3. The lowest BCUT2D eigenvalue weighted by Gasteiger charge is -2.21. The van der Waals surface area contributed by atoms with Gasteiger partial charge in [0.15, 0.2) is 0 Å².